The standard InChI is InChI=1S/C33H41N3O3/c1-24-17-18-25(2)30(22-24)39-23-32(37)34-19-9-5-6-16-31-35-28-14-7-8-15-29(28)36(31)20-11-21-38-33-26(3)12-10-13-27(33)4/h7-8,10,12-15,17-18,22H,5-6,9,11,16,19-21,23H2,1-4H3,(H,34,37). The molecule has 1 N–H and O–H groups in total. The lowest BCUT2D eigenvalue weighted by Gasteiger charge is -2.13. The Kier molecular flexibility index (Phi) is 10.0. The lowest BCUT2D eigenvalue weighted by Crippen LogP contribution is -2.29. The number of amides is 1. The molecule has 6 heteroatoms. The van der Waals surface area contributed by atoms with Crippen LogP contribution in [0.2, 0.25) is 0 Å². The van der Waals surface area contributed by atoms with E-state index in [4.69, 9.17) is 14.5 Å². The van der Waals surface area contributed by atoms with Gasteiger partial charge in [0.25, 0.3) is 5.91 Å². The molecule has 4 rings (SSSR count). The average Bonchev–Trinajstić information content (AvgIpc) is 3.27. The van der Waals surface area contributed by atoms with Crippen LogP contribution >= 0.6 is 0 Å². The maximum atomic E-state index is 12.2. The number of aromatic nitrogens is 2. The number of para-hydroxylation sites is 3. The number of carbonyl (C=O) groups excluding carboxylic acids is 1. The molecule has 0 radical (unpaired) electrons. The van der Waals surface area contributed by atoms with Gasteiger partial charge in [-0.25, -0.2) is 4.98 Å². The first kappa shape index (κ1) is 28.2. The van der Waals surface area contributed by atoms with Crippen LogP contribution in [-0.2, 0) is 17.8 Å². The van der Waals surface area contributed by atoms with Gasteiger partial charge in [-0.05, 0) is 87.4 Å². The zero-order chi connectivity index (χ0) is 27.6. The van der Waals surface area contributed by atoms with Gasteiger partial charge in [-0.1, -0.05) is 48.9 Å². The van der Waals surface area contributed by atoms with Crippen molar-refractivity contribution in [2.75, 3.05) is 19.8 Å². The third-order valence-corrected chi connectivity index (χ3v) is 7.02. The SMILES string of the molecule is Cc1ccc(C)c(OCC(=O)NCCCCCc2nc3ccccc3n2CCCOc2c(C)cccc2C)c1. The Morgan fingerprint density at radius 1 is 0.846 bits per heavy atom. The molecule has 0 atom stereocenters. The molecule has 0 aliphatic carbocycles. The number of hydrogen-bond acceptors (Lipinski definition) is 4. The van der Waals surface area contributed by atoms with Crippen molar-refractivity contribution in [2.45, 2.75) is 66.3 Å². The van der Waals surface area contributed by atoms with Crippen LogP contribution in [0.1, 0.15) is 53.8 Å². The summed E-state index contributed by atoms with van der Waals surface area (Å²) in [5.74, 6) is 2.80. The van der Waals surface area contributed by atoms with Crippen LogP contribution in [-0.4, -0.2) is 35.2 Å². The summed E-state index contributed by atoms with van der Waals surface area (Å²) in [5, 5.41) is 2.98. The molecular weight excluding hydrogens is 486 g/mol. The molecule has 1 amide bonds. The second-order valence-corrected chi connectivity index (χ2v) is 10.3. The van der Waals surface area contributed by atoms with Gasteiger partial charge in [0, 0.05) is 19.5 Å². The molecule has 4 aromatic rings. The van der Waals surface area contributed by atoms with Gasteiger partial charge in [0.2, 0.25) is 0 Å². The van der Waals surface area contributed by atoms with Crippen LogP contribution < -0.4 is 14.8 Å². The zero-order valence-electron chi connectivity index (χ0n) is 23.8. The van der Waals surface area contributed by atoms with Gasteiger partial charge in [0.15, 0.2) is 6.61 Å². The van der Waals surface area contributed by atoms with Crippen LogP contribution in [0.3, 0.4) is 0 Å². The van der Waals surface area contributed by atoms with Crippen LogP contribution in [0.4, 0.5) is 0 Å². The van der Waals surface area contributed by atoms with E-state index in [0.717, 1.165) is 72.6 Å². The minimum absolute atomic E-state index is 0.0431. The van der Waals surface area contributed by atoms with E-state index in [1.54, 1.807) is 0 Å². The number of ether oxygens (including phenoxy) is 2. The summed E-state index contributed by atoms with van der Waals surface area (Å²) < 4.78 is 14.2. The number of nitrogens with one attached hydrogen (secondary N) is 1. The van der Waals surface area contributed by atoms with Gasteiger partial charge in [-0.15, -0.1) is 0 Å². The van der Waals surface area contributed by atoms with Crippen molar-refractivity contribution in [1.82, 2.24) is 14.9 Å². The Morgan fingerprint density at radius 2 is 1.64 bits per heavy atom. The Bertz CT molecular complexity index is 1370. The lowest BCUT2D eigenvalue weighted by molar-refractivity contribution is -0.123. The Labute approximate surface area is 232 Å². The summed E-state index contributed by atoms with van der Waals surface area (Å²) in [4.78, 5) is 17.1. The maximum absolute atomic E-state index is 12.2. The molecule has 206 valence electrons. The highest BCUT2D eigenvalue weighted by Gasteiger charge is 2.11. The van der Waals surface area contributed by atoms with Crippen LogP contribution in [0, 0.1) is 27.7 Å². The zero-order valence-corrected chi connectivity index (χ0v) is 23.8. The first-order chi connectivity index (χ1) is 18.9. The summed E-state index contributed by atoms with van der Waals surface area (Å²) in [6.07, 6.45) is 4.81. The summed E-state index contributed by atoms with van der Waals surface area (Å²) in [6, 6.07) is 20.6. The van der Waals surface area contributed by atoms with E-state index in [2.05, 4.69) is 60.1 Å². The molecule has 39 heavy (non-hydrogen) atoms. The fraction of sp³-hybridized carbons (Fsp3) is 0.394. The number of carbonyl (C=O) groups is 1. The maximum Gasteiger partial charge on any atom is 0.257 e. The van der Waals surface area contributed by atoms with Crippen molar-refractivity contribution in [1.29, 1.82) is 0 Å². The molecule has 6 nitrogen and oxygen atoms in total. The molecule has 0 aliphatic heterocycles. The minimum Gasteiger partial charge on any atom is -0.493 e. The largest absolute Gasteiger partial charge is 0.493 e. The van der Waals surface area contributed by atoms with E-state index in [0.29, 0.717) is 13.2 Å². The minimum atomic E-state index is -0.0826. The highest BCUT2D eigenvalue weighted by atomic mass is 16.5. The van der Waals surface area contributed by atoms with Crippen molar-refractivity contribution in [3.8, 4) is 11.5 Å². The fourth-order valence-electron chi connectivity index (χ4n) is 4.86. The van der Waals surface area contributed by atoms with Gasteiger partial charge < -0.3 is 19.4 Å². The van der Waals surface area contributed by atoms with Gasteiger partial charge in [0.1, 0.15) is 17.3 Å². The first-order valence-corrected chi connectivity index (χ1v) is 14.0. The van der Waals surface area contributed by atoms with E-state index in [1.807, 2.05) is 38.1 Å². The van der Waals surface area contributed by atoms with Crippen molar-refractivity contribution < 1.29 is 14.3 Å². The van der Waals surface area contributed by atoms with Crippen LogP contribution in [0.15, 0.2) is 60.7 Å². The first-order valence-electron chi connectivity index (χ1n) is 14.0. The number of fused-ring (bicyclic) bond motifs is 1. The fourth-order valence-corrected chi connectivity index (χ4v) is 4.86. The van der Waals surface area contributed by atoms with E-state index < -0.39 is 0 Å². The molecule has 0 saturated heterocycles. The molecule has 0 aliphatic rings. The van der Waals surface area contributed by atoms with Crippen LogP contribution in [0.5, 0.6) is 11.5 Å². The smallest absolute Gasteiger partial charge is 0.257 e. The Balaban J connectivity index is 1.20. The number of unbranched alkanes of at least 4 members (excludes halogenated alkanes) is 2. The molecule has 0 spiro atoms. The van der Waals surface area contributed by atoms with Gasteiger partial charge in [-0.3, -0.25) is 4.79 Å². The molecule has 0 unspecified atom stereocenters. The second kappa shape index (κ2) is 13.8. The highest BCUT2D eigenvalue weighted by Crippen LogP contribution is 2.23. The van der Waals surface area contributed by atoms with E-state index >= 15 is 0 Å². The monoisotopic (exact) mass is 527 g/mol. The average molecular weight is 528 g/mol. The Morgan fingerprint density at radius 3 is 2.46 bits per heavy atom. The number of aryl methyl sites for hydroxylation is 6. The molecule has 0 bridgehead atoms. The van der Waals surface area contributed by atoms with E-state index in [-0.39, 0.29) is 12.5 Å². The molecule has 0 saturated carbocycles. The third-order valence-electron chi connectivity index (χ3n) is 7.02. The summed E-state index contributed by atoms with van der Waals surface area (Å²) in [6.45, 7) is 10.4. The number of rotatable bonds is 14. The molecule has 1 aromatic heterocycles. The molecule has 0 fully saturated rings. The predicted octanol–water partition coefficient (Wildman–Crippen LogP) is 6.65. The van der Waals surface area contributed by atoms with E-state index in [1.165, 1.54) is 16.6 Å². The number of benzene rings is 3. The summed E-state index contributed by atoms with van der Waals surface area (Å²) >= 11 is 0. The van der Waals surface area contributed by atoms with Crippen molar-refractivity contribution in [3.63, 3.8) is 0 Å². The quantitative estimate of drug-likeness (QED) is 0.187. The molecule has 3 aromatic carbocycles. The number of imidazole rings is 1. The summed E-state index contributed by atoms with van der Waals surface area (Å²) in [5.41, 5.74) is 6.72. The third kappa shape index (κ3) is 7.85. The topological polar surface area (TPSA) is 65.4 Å². The number of hydrogen-bond donors (Lipinski definition) is 1. The lowest BCUT2D eigenvalue weighted by atomic mass is 10.1. The van der Waals surface area contributed by atoms with Crippen LogP contribution in [0.25, 0.3) is 11.0 Å². The van der Waals surface area contributed by atoms with Gasteiger partial charge in [-0.2, -0.15) is 0 Å². The van der Waals surface area contributed by atoms with Crippen molar-refractivity contribution in [3.05, 3.63) is 88.7 Å². The highest BCUT2D eigenvalue weighted by molar-refractivity contribution is 5.77. The normalized spacial score (nSPS) is 11.1. The Hall–Kier alpha value is -3.80. The van der Waals surface area contributed by atoms with Gasteiger partial charge in [0.05, 0.1) is 17.6 Å². The predicted molar refractivity (Wildman–Crippen MR) is 158 cm³/mol. The molecule has 1 heterocycles. The van der Waals surface area contributed by atoms with Crippen molar-refractivity contribution in [2.24, 2.45) is 0 Å². The van der Waals surface area contributed by atoms with Crippen molar-refractivity contribution >= 4 is 16.9 Å². The summed E-state index contributed by atoms with van der Waals surface area (Å²) in [7, 11) is 0. The van der Waals surface area contributed by atoms with Gasteiger partial charge >= 0.3 is 0 Å². The number of nitrogens with zero attached hydrogens (tertiary/aromatic N) is 2. The van der Waals surface area contributed by atoms with E-state index in [9.17, 15) is 4.79 Å². The molecular formula is C33H41N3O3. The second-order valence-electron chi connectivity index (χ2n) is 10.3.